The number of nitrogens with one attached hydrogen (secondary N) is 1. The first-order valence-corrected chi connectivity index (χ1v) is 8.02. The van der Waals surface area contributed by atoms with Crippen LogP contribution in [0.25, 0.3) is 0 Å². The number of rotatable bonds is 5. The molecule has 9 atom stereocenters. The smallest absolute Gasteiger partial charge is 0.173 e. The number of nitrogens with two attached hydrogens (primary N) is 3. The van der Waals surface area contributed by atoms with Gasteiger partial charge in [0.15, 0.2) is 6.29 Å². The van der Waals surface area contributed by atoms with Crippen molar-refractivity contribution in [3.05, 3.63) is 0 Å². The Bertz CT molecular complexity index is 377. The fourth-order valence-corrected chi connectivity index (χ4v) is 3.38. The van der Waals surface area contributed by atoms with Crippen LogP contribution in [-0.4, -0.2) is 85.9 Å². The molecule has 0 aromatic rings. The molecule has 0 aromatic heterocycles. The third kappa shape index (κ3) is 3.84. The fourth-order valence-electron chi connectivity index (χ4n) is 3.38. The van der Waals surface area contributed by atoms with Crippen LogP contribution in [0.2, 0.25) is 0 Å². The van der Waals surface area contributed by atoms with Crippen molar-refractivity contribution in [2.24, 2.45) is 17.2 Å². The second kappa shape index (κ2) is 8.15. The van der Waals surface area contributed by atoms with Gasteiger partial charge in [-0.1, -0.05) is 0 Å². The number of aliphatic hydroxyl groups is 2. The Kier molecular flexibility index (Phi) is 6.72. The average Bonchev–Trinajstić information content (AvgIpc) is 2.56. The minimum absolute atomic E-state index is 0.131. The van der Waals surface area contributed by atoms with Crippen LogP contribution in [0.3, 0.4) is 0 Å². The van der Waals surface area contributed by atoms with Gasteiger partial charge in [0.2, 0.25) is 0 Å². The first-order chi connectivity index (χ1) is 10.9. The summed E-state index contributed by atoms with van der Waals surface area (Å²) in [6, 6.07) is -1.68. The van der Waals surface area contributed by atoms with Gasteiger partial charge in [0.1, 0.15) is 12.2 Å². The van der Waals surface area contributed by atoms with Crippen molar-refractivity contribution >= 4 is 0 Å². The number of ether oxygens (including phenoxy) is 3. The van der Waals surface area contributed by atoms with E-state index in [9.17, 15) is 10.2 Å². The van der Waals surface area contributed by atoms with E-state index in [-0.39, 0.29) is 12.1 Å². The summed E-state index contributed by atoms with van der Waals surface area (Å²) in [5, 5.41) is 23.9. The molecule has 1 aliphatic carbocycles. The Morgan fingerprint density at radius 2 is 1.87 bits per heavy atom. The van der Waals surface area contributed by atoms with Crippen LogP contribution < -0.4 is 22.5 Å². The van der Waals surface area contributed by atoms with Crippen molar-refractivity contribution in [3.8, 4) is 0 Å². The third-order valence-electron chi connectivity index (χ3n) is 4.83. The molecule has 1 saturated heterocycles. The standard InChI is InChI=1S/C14H30N4O5/c1-18-9-11(20)12(8(17)10(19)13(9)21-2)23-14-7(16)4-3-6(5-15)22-14/h6-14,18-20H,3-5,15-17H2,1-2H3/t6-,7-,8+,9+,10+,11-,12+,13-,14-/m1/s1. The van der Waals surface area contributed by atoms with Gasteiger partial charge in [-0.05, 0) is 19.9 Å². The Balaban J connectivity index is 2.10. The van der Waals surface area contributed by atoms with Gasteiger partial charge in [0.25, 0.3) is 0 Å². The predicted molar refractivity (Wildman–Crippen MR) is 83.4 cm³/mol. The van der Waals surface area contributed by atoms with Crippen LogP contribution in [0.1, 0.15) is 12.8 Å². The van der Waals surface area contributed by atoms with Crippen molar-refractivity contribution in [2.75, 3.05) is 20.7 Å². The number of aliphatic hydroxyl groups excluding tert-OH is 2. The minimum atomic E-state index is -0.990. The molecule has 0 radical (unpaired) electrons. The van der Waals surface area contributed by atoms with E-state index < -0.39 is 42.8 Å². The molecule has 23 heavy (non-hydrogen) atoms. The largest absolute Gasteiger partial charge is 0.389 e. The molecule has 0 aromatic carbocycles. The van der Waals surface area contributed by atoms with Crippen LogP contribution in [-0.2, 0) is 14.2 Å². The molecule has 1 aliphatic heterocycles. The SMILES string of the molecule is CN[C@H]1[C@@H](O)[C@@H](O[C@H]2O[C@@H](CN)CC[C@H]2N)[C@@H](N)[C@H](O)[C@@H]1OC. The summed E-state index contributed by atoms with van der Waals surface area (Å²) in [7, 11) is 3.14. The van der Waals surface area contributed by atoms with Crippen molar-refractivity contribution in [2.45, 2.75) is 67.8 Å². The molecule has 0 spiro atoms. The Morgan fingerprint density at radius 3 is 2.43 bits per heavy atom. The van der Waals surface area contributed by atoms with Crippen molar-refractivity contribution in [1.82, 2.24) is 5.32 Å². The molecule has 2 fully saturated rings. The fraction of sp³-hybridized carbons (Fsp3) is 1.00. The van der Waals surface area contributed by atoms with Crippen molar-refractivity contribution < 1.29 is 24.4 Å². The van der Waals surface area contributed by atoms with Gasteiger partial charge in [-0.2, -0.15) is 0 Å². The molecule has 9 N–H and O–H groups in total. The summed E-state index contributed by atoms with van der Waals surface area (Å²) in [6.07, 6.45) is -2.80. The lowest BCUT2D eigenvalue weighted by atomic mass is 9.81. The molecule has 2 aliphatic rings. The Labute approximate surface area is 136 Å². The molecule has 1 heterocycles. The zero-order valence-corrected chi connectivity index (χ0v) is 13.7. The summed E-state index contributed by atoms with van der Waals surface area (Å²) in [5.74, 6) is 0. The van der Waals surface area contributed by atoms with E-state index in [0.29, 0.717) is 13.0 Å². The maximum Gasteiger partial charge on any atom is 0.173 e. The summed E-state index contributed by atoms with van der Waals surface area (Å²) in [5.41, 5.74) is 17.7. The maximum absolute atomic E-state index is 10.6. The van der Waals surface area contributed by atoms with Crippen molar-refractivity contribution in [1.29, 1.82) is 0 Å². The lowest BCUT2D eigenvalue weighted by molar-refractivity contribution is -0.259. The van der Waals surface area contributed by atoms with E-state index in [2.05, 4.69) is 5.32 Å². The highest BCUT2D eigenvalue weighted by Gasteiger charge is 2.50. The zero-order chi connectivity index (χ0) is 17.1. The van der Waals surface area contributed by atoms with E-state index in [1.807, 2.05) is 0 Å². The first kappa shape index (κ1) is 19.0. The van der Waals surface area contributed by atoms with Gasteiger partial charge in [-0.25, -0.2) is 0 Å². The molecule has 9 nitrogen and oxygen atoms in total. The van der Waals surface area contributed by atoms with E-state index in [1.54, 1.807) is 7.05 Å². The molecule has 2 rings (SSSR count). The van der Waals surface area contributed by atoms with Gasteiger partial charge in [0, 0.05) is 13.7 Å². The summed E-state index contributed by atoms with van der Waals surface area (Å²) in [4.78, 5) is 0. The molecule has 9 heteroatoms. The molecule has 1 saturated carbocycles. The quantitative estimate of drug-likeness (QED) is 0.305. The number of hydrogen-bond acceptors (Lipinski definition) is 9. The van der Waals surface area contributed by atoms with Gasteiger partial charge in [-0.3, -0.25) is 0 Å². The van der Waals surface area contributed by atoms with E-state index >= 15 is 0 Å². The lowest BCUT2D eigenvalue weighted by Gasteiger charge is -2.47. The van der Waals surface area contributed by atoms with Gasteiger partial charge < -0.3 is 46.9 Å². The van der Waals surface area contributed by atoms with Crippen LogP contribution in [0, 0.1) is 0 Å². The summed E-state index contributed by atoms with van der Waals surface area (Å²) < 4.78 is 16.9. The lowest BCUT2D eigenvalue weighted by Crippen LogP contribution is -2.71. The summed E-state index contributed by atoms with van der Waals surface area (Å²) in [6.45, 7) is 0.374. The average molecular weight is 334 g/mol. The highest BCUT2D eigenvalue weighted by molar-refractivity contribution is 5.05. The van der Waals surface area contributed by atoms with Crippen LogP contribution in [0.4, 0.5) is 0 Å². The number of likely N-dealkylation sites (N-methyl/N-ethyl adjacent to an activating group) is 1. The van der Waals surface area contributed by atoms with Gasteiger partial charge in [0.05, 0.1) is 36.4 Å². The zero-order valence-electron chi connectivity index (χ0n) is 13.7. The maximum atomic E-state index is 10.6. The molecular weight excluding hydrogens is 304 g/mol. The topological polar surface area (TPSA) is 158 Å². The van der Waals surface area contributed by atoms with E-state index in [4.69, 9.17) is 31.4 Å². The summed E-state index contributed by atoms with van der Waals surface area (Å²) >= 11 is 0. The normalized spacial score (nSPS) is 48.4. The molecular formula is C14H30N4O5. The Hall–Kier alpha value is -0.360. The second-order valence-corrected chi connectivity index (χ2v) is 6.28. The molecule has 0 amide bonds. The molecule has 0 unspecified atom stereocenters. The van der Waals surface area contributed by atoms with E-state index in [0.717, 1.165) is 6.42 Å². The van der Waals surface area contributed by atoms with Gasteiger partial charge >= 0.3 is 0 Å². The number of methoxy groups -OCH3 is 1. The molecule has 0 bridgehead atoms. The molecule has 136 valence electrons. The van der Waals surface area contributed by atoms with Crippen LogP contribution in [0.5, 0.6) is 0 Å². The van der Waals surface area contributed by atoms with Crippen LogP contribution in [0.15, 0.2) is 0 Å². The number of hydrogen-bond donors (Lipinski definition) is 6. The highest BCUT2D eigenvalue weighted by atomic mass is 16.7. The second-order valence-electron chi connectivity index (χ2n) is 6.28. The minimum Gasteiger partial charge on any atom is -0.389 e. The predicted octanol–water partition coefficient (Wildman–Crippen LogP) is -3.17. The van der Waals surface area contributed by atoms with Crippen molar-refractivity contribution in [3.63, 3.8) is 0 Å². The third-order valence-corrected chi connectivity index (χ3v) is 4.83. The van der Waals surface area contributed by atoms with Gasteiger partial charge in [-0.15, -0.1) is 0 Å². The monoisotopic (exact) mass is 334 g/mol. The highest BCUT2D eigenvalue weighted by Crippen LogP contribution is 2.28. The first-order valence-electron chi connectivity index (χ1n) is 8.02. The Morgan fingerprint density at radius 1 is 1.17 bits per heavy atom. The van der Waals surface area contributed by atoms with Crippen LogP contribution >= 0.6 is 0 Å². The van der Waals surface area contributed by atoms with E-state index in [1.165, 1.54) is 7.11 Å².